The molecule has 2 aromatic heterocycles. The van der Waals surface area contributed by atoms with Gasteiger partial charge in [-0.15, -0.1) is 0 Å². The number of hydrogen-bond acceptors (Lipinski definition) is 4. The second-order valence-electron chi connectivity index (χ2n) is 6.35. The molecule has 2 aromatic carbocycles. The Morgan fingerprint density at radius 1 is 0.926 bits per heavy atom. The highest BCUT2D eigenvalue weighted by molar-refractivity contribution is 5.90. The van der Waals surface area contributed by atoms with Gasteiger partial charge in [-0.1, -0.05) is 24.3 Å². The van der Waals surface area contributed by atoms with Crippen molar-refractivity contribution in [2.75, 3.05) is 5.32 Å². The summed E-state index contributed by atoms with van der Waals surface area (Å²) in [5.74, 6) is 0.526. The van der Waals surface area contributed by atoms with Crippen LogP contribution in [0.3, 0.4) is 0 Å². The maximum absolute atomic E-state index is 12.2. The van der Waals surface area contributed by atoms with Gasteiger partial charge in [0, 0.05) is 30.9 Å². The number of fused-ring (bicyclic) bond motifs is 1. The highest BCUT2D eigenvalue weighted by Crippen LogP contribution is 2.17. The molecule has 0 aliphatic carbocycles. The molecular weight excluding hydrogens is 338 g/mol. The van der Waals surface area contributed by atoms with Crippen molar-refractivity contribution in [3.63, 3.8) is 0 Å². The largest absolute Gasteiger partial charge is 0.441 e. The number of aryl methyl sites for hydroxylation is 1. The van der Waals surface area contributed by atoms with Crippen LogP contribution in [0.15, 0.2) is 77.5 Å². The molecule has 0 saturated heterocycles. The van der Waals surface area contributed by atoms with Crippen LogP contribution >= 0.6 is 0 Å². The van der Waals surface area contributed by atoms with Crippen molar-refractivity contribution in [3.8, 4) is 0 Å². The first kappa shape index (κ1) is 17.0. The number of pyridine rings is 1. The quantitative estimate of drug-likeness (QED) is 0.556. The lowest BCUT2D eigenvalue weighted by Crippen LogP contribution is -2.12. The number of amides is 1. The lowest BCUT2D eigenvalue weighted by Gasteiger charge is -2.06. The van der Waals surface area contributed by atoms with Crippen LogP contribution in [-0.2, 0) is 17.6 Å². The number of nitrogens with one attached hydrogen (secondary N) is 1. The van der Waals surface area contributed by atoms with Gasteiger partial charge in [-0.05, 0) is 53.9 Å². The van der Waals surface area contributed by atoms with Gasteiger partial charge >= 0.3 is 0 Å². The number of benzene rings is 2. The fourth-order valence-corrected chi connectivity index (χ4v) is 2.91. The molecule has 2 heterocycles. The summed E-state index contributed by atoms with van der Waals surface area (Å²) in [5.41, 5.74) is 4.75. The van der Waals surface area contributed by atoms with Gasteiger partial charge in [-0.25, -0.2) is 4.98 Å². The number of para-hydroxylation sites is 2. The molecule has 1 amide bonds. The number of carbonyl (C=O) groups excluding carboxylic acids is 1. The maximum Gasteiger partial charge on any atom is 0.224 e. The van der Waals surface area contributed by atoms with Gasteiger partial charge in [-0.2, -0.15) is 0 Å². The first-order valence-electron chi connectivity index (χ1n) is 8.88. The summed E-state index contributed by atoms with van der Waals surface area (Å²) in [4.78, 5) is 20.6. The fourth-order valence-electron chi connectivity index (χ4n) is 2.91. The Hall–Kier alpha value is -3.47. The van der Waals surface area contributed by atoms with E-state index in [1.165, 1.54) is 11.1 Å². The predicted octanol–water partition coefficient (Wildman–Crippen LogP) is 4.38. The lowest BCUT2D eigenvalue weighted by atomic mass is 10.1. The zero-order valence-corrected chi connectivity index (χ0v) is 14.8. The number of nitrogens with zero attached hydrogens (tertiary/aromatic N) is 2. The average molecular weight is 357 g/mol. The van der Waals surface area contributed by atoms with Crippen molar-refractivity contribution in [2.24, 2.45) is 0 Å². The molecule has 0 radical (unpaired) electrons. The van der Waals surface area contributed by atoms with Crippen LogP contribution in [0.2, 0.25) is 0 Å². The molecule has 4 rings (SSSR count). The van der Waals surface area contributed by atoms with Crippen LogP contribution in [0.25, 0.3) is 11.1 Å². The molecule has 0 aliphatic rings. The van der Waals surface area contributed by atoms with Crippen LogP contribution in [-0.4, -0.2) is 15.9 Å². The number of hydrogen-bond donors (Lipinski definition) is 1. The van der Waals surface area contributed by atoms with Crippen LogP contribution < -0.4 is 5.32 Å². The van der Waals surface area contributed by atoms with Gasteiger partial charge < -0.3 is 9.73 Å². The summed E-state index contributed by atoms with van der Waals surface area (Å²) in [6.45, 7) is 0. The molecule has 4 aromatic rings. The number of rotatable bonds is 6. The van der Waals surface area contributed by atoms with Crippen molar-refractivity contribution in [1.82, 2.24) is 9.97 Å². The Morgan fingerprint density at radius 2 is 1.67 bits per heavy atom. The standard InChI is InChI=1S/C22H19N3O2/c26-21(9-10-22-25-19-3-1-2-4-20(19)27-22)24-18-7-5-16(6-8-18)15-17-11-13-23-14-12-17/h1-8,11-14H,9-10,15H2,(H,24,26). The minimum atomic E-state index is -0.0564. The second kappa shape index (κ2) is 7.83. The molecule has 27 heavy (non-hydrogen) atoms. The Kier molecular flexibility index (Phi) is 4.92. The van der Waals surface area contributed by atoms with Crippen LogP contribution in [0, 0.1) is 0 Å². The Balaban J connectivity index is 1.31. The molecule has 0 fully saturated rings. The normalized spacial score (nSPS) is 10.8. The van der Waals surface area contributed by atoms with E-state index in [2.05, 4.69) is 15.3 Å². The average Bonchev–Trinajstić information content (AvgIpc) is 3.12. The van der Waals surface area contributed by atoms with Crippen LogP contribution in [0.4, 0.5) is 5.69 Å². The van der Waals surface area contributed by atoms with Crippen molar-refractivity contribution < 1.29 is 9.21 Å². The van der Waals surface area contributed by atoms with Gasteiger partial charge in [-0.3, -0.25) is 9.78 Å². The topological polar surface area (TPSA) is 68.0 Å². The zero-order valence-electron chi connectivity index (χ0n) is 14.8. The SMILES string of the molecule is O=C(CCc1nc2ccccc2o1)Nc1ccc(Cc2ccncc2)cc1. The third-order valence-electron chi connectivity index (χ3n) is 4.30. The number of carbonyl (C=O) groups is 1. The van der Waals surface area contributed by atoms with Crippen molar-refractivity contribution in [2.45, 2.75) is 19.3 Å². The maximum atomic E-state index is 12.2. The molecule has 0 atom stereocenters. The van der Waals surface area contributed by atoms with E-state index in [4.69, 9.17) is 4.42 Å². The molecule has 134 valence electrons. The Morgan fingerprint density at radius 3 is 2.44 bits per heavy atom. The third kappa shape index (κ3) is 4.39. The first-order chi connectivity index (χ1) is 13.3. The van der Waals surface area contributed by atoms with E-state index in [9.17, 15) is 4.79 Å². The molecule has 0 aliphatic heterocycles. The van der Waals surface area contributed by atoms with Crippen LogP contribution in [0.5, 0.6) is 0 Å². The first-order valence-corrected chi connectivity index (χ1v) is 8.88. The highest BCUT2D eigenvalue weighted by atomic mass is 16.3. The summed E-state index contributed by atoms with van der Waals surface area (Å²) in [6.07, 6.45) is 5.22. The summed E-state index contributed by atoms with van der Waals surface area (Å²) >= 11 is 0. The zero-order chi connectivity index (χ0) is 18.5. The second-order valence-corrected chi connectivity index (χ2v) is 6.35. The summed E-state index contributed by atoms with van der Waals surface area (Å²) in [7, 11) is 0. The minimum absolute atomic E-state index is 0.0564. The summed E-state index contributed by atoms with van der Waals surface area (Å²) < 4.78 is 5.65. The number of aromatic nitrogens is 2. The van der Waals surface area contributed by atoms with E-state index < -0.39 is 0 Å². The predicted molar refractivity (Wildman–Crippen MR) is 104 cm³/mol. The van der Waals surface area contributed by atoms with Crippen molar-refractivity contribution >= 4 is 22.7 Å². The van der Waals surface area contributed by atoms with Gasteiger partial charge in [0.1, 0.15) is 5.52 Å². The van der Waals surface area contributed by atoms with Gasteiger partial charge in [0.15, 0.2) is 11.5 Å². The smallest absolute Gasteiger partial charge is 0.224 e. The van der Waals surface area contributed by atoms with Crippen molar-refractivity contribution in [1.29, 1.82) is 0 Å². The highest BCUT2D eigenvalue weighted by Gasteiger charge is 2.09. The van der Waals surface area contributed by atoms with E-state index in [1.54, 1.807) is 12.4 Å². The fraction of sp³-hybridized carbons (Fsp3) is 0.136. The summed E-state index contributed by atoms with van der Waals surface area (Å²) in [5, 5.41) is 2.92. The van der Waals surface area contributed by atoms with Gasteiger partial charge in [0.2, 0.25) is 5.91 Å². The van der Waals surface area contributed by atoms with E-state index in [0.717, 1.165) is 23.2 Å². The van der Waals surface area contributed by atoms with Crippen molar-refractivity contribution in [3.05, 3.63) is 90.1 Å². The monoisotopic (exact) mass is 357 g/mol. The molecule has 0 bridgehead atoms. The molecule has 5 heteroatoms. The lowest BCUT2D eigenvalue weighted by molar-refractivity contribution is -0.116. The number of oxazole rings is 1. The molecule has 0 unspecified atom stereocenters. The van der Waals surface area contributed by atoms with E-state index in [1.807, 2.05) is 60.7 Å². The number of anilines is 1. The van der Waals surface area contributed by atoms with Crippen LogP contribution in [0.1, 0.15) is 23.4 Å². The summed E-state index contributed by atoms with van der Waals surface area (Å²) in [6, 6.07) is 19.5. The van der Waals surface area contributed by atoms with Gasteiger partial charge in [0.05, 0.1) is 0 Å². The molecule has 0 saturated carbocycles. The molecule has 1 N–H and O–H groups in total. The minimum Gasteiger partial charge on any atom is -0.441 e. The Labute approximate surface area is 157 Å². The molecule has 0 spiro atoms. The molecular formula is C22H19N3O2. The van der Waals surface area contributed by atoms with E-state index in [0.29, 0.717) is 18.7 Å². The van der Waals surface area contributed by atoms with Gasteiger partial charge in [0.25, 0.3) is 0 Å². The Bertz CT molecular complexity index is 1010. The molecule has 5 nitrogen and oxygen atoms in total. The third-order valence-corrected chi connectivity index (χ3v) is 4.30. The van der Waals surface area contributed by atoms with E-state index >= 15 is 0 Å². The van der Waals surface area contributed by atoms with E-state index in [-0.39, 0.29) is 5.91 Å².